The molecule has 2 aromatic carbocycles. The fourth-order valence-electron chi connectivity index (χ4n) is 3.26. The van der Waals surface area contributed by atoms with Crippen LogP contribution in [0.1, 0.15) is 16.1 Å². The van der Waals surface area contributed by atoms with E-state index in [-0.39, 0.29) is 23.2 Å². The van der Waals surface area contributed by atoms with Gasteiger partial charge in [0.05, 0.1) is 15.0 Å². The van der Waals surface area contributed by atoms with E-state index in [1.807, 2.05) is 0 Å². The van der Waals surface area contributed by atoms with Gasteiger partial charge in [0.15, 0.2) is 9.84 Å². The van der Waals surface area contributed by atoms with Gasteiger partial charge in [0.1, 0.15) is 5.82 Å². The molecular weight excluding hydrogens is 409 g/mol. The molecule has 0 N–H and O–H groups in total. The number of fused-ring (bicyclic) bond motifs is 1. The number of benzene rings is 2. The number of thiophene rings is 1. The summed E-state index contributed by atoms with van der Waals surface area (Å²) in [5.74, 6) is -0.569. The van der Waals surface area contributed by atoms with Crippen LogP contribution in [0.4, 0.5) is 4.39 Å². The zero-order valence-electron chi connectivity index (χ0n) is 14.1. The minimum absolute atomic E-state index is 0.145. The summed E-state index contributed by atoms with van der Waals surface area (Å²) in [5.41, 5.74) is 0. The second kappa shape index (κ2) is 6.89. The predicted octanol–water partition coefficient (Wildman–Crippen LogP) is 4.38. The van der Waals surface area contributed by atoms with E-state index in [1.54, 1.807) is 29.2 Å². The number of hydrogen-bond acceptors (Lipinski definition) is 4. The lowest BCUT2D eigenvalue weighted by molar-refractivity contribution is 0.0798. The SMILES string of the molecule is O=C(c1cc2cc(F)ccc2s1)N1CCC(S(=O)(=O)c2ccc(Cl)cc2)C1. The van der Waals surface area contributed by atoms with E-state index in [9.17, 15) is 17.6 Å². The van der Waals surface area contributed by atoms with Gasteiger partial charge in [-0.15, -0.1) is 11.3 Å². The third-order valence-electron chi connectivity index (χ3n) is 4.70. The van der Waals surface area contributed by atoms with Gasteiger partial charge in [-0.1, -0.05) is 11.6 Å². The van der Waals surface area contributed by atoms with Crippen LogP contribution in [0.5, 0.6) is 0 Å². The lowest BCUT2D eigenvalue weighted by Gasteiger charge is -2.16. The molecule has 1 saturated heterocycles. The fraction of sp³-hybridized carbons (Fsp3) is 0.211. The number of halogens is 2. The highest BCUT2D eigenvalue weighted by molar-refractivity contribution is 7.92. The van der Waals surface area contributed by atoms with Gasteiger partial charge in [-0.05, 0) is 60.3 Å². The molecule has 4 nitrogen and oxygen atoms in total. The molecule has 1 fully saturated rings. The molecule has 0 spiro atoms. The summed E-state index contributed by atoms with van der Waals surface area (Å²) in [6, 6.07) is 12.1. The molecule has 0 radical (unpaired) electrons. The van der Waals surface area contributed by atoms with Crippen molar-refractivity contribution in [3.05, 3.63) is 64.2 Å². The van der Waals surface area contributed by atoms with Crippen molar-refractivity contribution in [2.45, 2.75) is 16.6 Å². The van der Waals surface area contributed by atoms with E-state index in [2.05, 4.69) is 0 Å². The standard InChI is InChI=1S/C19H15ClFNO3S2/c20-13-1-4-15(5-2-13)27(24,25)16-7-8-22(11-16)19(23)18-10-12-9-14(21)3-6-17(12)26-18/h1-6,9-10,16H,7-8,11H2. The molecule has 0 aliphatic carbocycles. The summed E-state index contributed by atoms with van der Waals surface area (Å²) in [6.07, 6.45) is 0.385. The Morgan fingerprint density at radius 1 is 1.15 bits per heavy atom. The van der Waals surface area contributed by atoms with E-state index < -0.39 is 15.1 Å². The lowest BCUT2D eigenvalue weighted by Crippen LogP contribution is -2.31. The normalized spacial score (nSPS) is 17.6. The van der Waals surface area contributed by atoms with E-state index in [0.29, 0.717) is 28.3 Å². The van der Waals surface area contributed by atoms with E-state index in [0.717, 1.165) is 4.70 Å². The van der Waals surface area contributed by atoms with Gasteiger partial charge < -0.3 is 4.90 Å². The first-order chi connectivity index (χ1) is 12.8. The van der Waals surface area contributed by atoms with Gasteiger partial charge >= 0.3 is 0 Å². The summed E-state index contributed by atoms with van der Waals surface area (Å²) in [4.78, 5) is 15.0. The van der Waals surface area contributed by atoms with Crippen LogP contribution in [0.15, 0.2) is 53.4 Å². The number of likely N-dealkylation sites (tertiary alicyclic amines) is 1. The Bertz CT molecular complexity index is 1130. The molecule has 4 rings (SSSR count). The van der Waals surface area contributed by atoms with Crippen LogP contribution in [0.3, 0.4) is 0 Å². The predicted molar refractivity (Wildman–Crippen MR) is 105 cm³/mol. The van der Waals surface area contributed by atoms with Gasteiger partial charge in [-0.3, -0.25) is 4.79 Å². The highest BCUT2D eigenvalue weighted by Crippen LogP contribution is 2.30. The molecule has 140 valence electrons. The number of amides is 1. The maximum Gasteiger partial charge on any atom is 0.264 e. The number of carbonyl (C=O) groups excluding carboxylic acids is 1. The van der Waals surface area contributed by atoms with Crippen molar-refractivity contribution in [2.75, 3.05) is 13.1 Å². The first kappa shape index (κ1) is 18.4. The molecular formula is C19H15ClFNO3S2. The van der Waals surface area contributed by atoms with Crippen LogP contribution in [0.25, 0.3) is 10.1 Å². The van der Waals surface area contributed by atoms with Crippen LogP contribution in [-0.2, 0) is 9.84 Å². The molecule has 27 heavy (non-hydrogen) atoms. The summed E-state index contributed by atoms with van der Waals surface area (Å²) in [6.45, 7) is 0.519. The Morgan fingerprint density at radius 3 is 2.63 bits per heavy atom. The van der Waals surface area contributed by atoms with Gasteiger partial charge in [0.25, 0.3) is 5.91 Å². The maximum absolute atomic E-state index is 13.4. The van der Waals surface area contributed by atoms with E-state index in [1.165, 1.54) is 35.6 Å². The van der Waals surface area contributed by atoms with Crippen LogP contribution in [0.2, 0.25) is 5.02 Å². The summed E-state index contributed by atoms with van der Waals surface area (Å²) >= 11 is 7.11. The average Bonchev–Trinajstić information content (AvgIpc) is 3.28. The minimum Gasteiger partial charge on any atom is -0.337 e. The zero-order chi connectivity index (χ0) is 19.2. The Kier molecular flexibility index (Phi) is 4.70. The van der Waals surface area contributed by atoms with Crippen molar-refractivity contribution in [3.8, 4) is 0 Å². The lowest BCUT2D eigenvalue weighted by atomic mass is 10.2. The van der Waals surface area contributed by atoms with Crippen molar-refractivity contribution in [2.24, 2.45) is 0 Å². The molecule has 2 heterocycles. The molecule has 1 aliphatic rings. The Balaban J connectivity index is 1.54. The van der Waals surface area contributed by atoms with Gasteiger partial charge in [0.2, 0.25) is 0 Å². The quantitative estimate of drug-likeness (QED) is 0.628. The van der Waals surface area contributed by atoms with Gasteiger partial charge in [-0.2, -0.15) is 0 Å². The van der Waals surface area contributed by atoms with Crippen LogP contribution >= 0.6 is 22.9 Å². The first-order valence-electron chi connectivity index (χ1n) is 8.32. The number of carbonyl (C=O) groups is 1. The molecule has 0 bridgehead atoms. The second-order valence-corrected chi connectivity index (χ2v) is 10.2. The van der Waals surface area contributed by atoms with Crippen LogP contribution in [-0.4, -0.2) is 37.6 Å². The Hall–Kier alpha value is -1.96. The molecule has 1 aliphatic heterocycles. The van der Waals surface area contributed by atoms with Crippen molar-refractivity contribution in [1.29, 1.82) is 0 Å². The van der Waals surface area contributed by atoms with Crippen molar-refractivity contribution >= 4 is 48.8 Å². The average molecular weight is 424 g/mol. The maximum atomic E-state index is 13.4. The summed E-state index contributed by atoms with van der Waals surface area (Å²) in [7, 11) is -3.53. The fourth-order valence-corrected chi connectivity index (χ4v) is 6.09. The van der Waals surface area contributed by atoms with Gasteiger partial charge in [0, 0.05) is 22.8 Å². The number of hydrogen-bond donors (Lipinski definition) is 0. The second-order valence-electron chi connectivity index (χ2n) is 6.45. The molecule has 8 heteroatoms. The monoisotopic (exact) mass is 423 g/mol. The Morgan fingerprint density at radius 2 is 1.89 bits per heavy atom. The van der Waals surface area contributed by atoms with E-state index >= 15 is 0 Å². The zero-order valence-corrected chi connectivity index (χ0v) is 16.5. The van der Waals surface area contributed by atoms with Crippen molar-refractivity contribution < 1.29 is 17.6 Å². The van der Waals surface area contributed by atoms with Crippen LogP contribution < -0.4 is 0 Å². The topological polar surface area (TPSA) is 54.5 Å². The highest BCUT2D eigenvalue weighted by Gasteiger charge is 2.36. The minimum atomic E-state index is -3.53. The third-order valence-corrected chi connectivity index (χ3v) is 8.25. The van der Waals surface area contributed by atoms with Crippen molar-refractivity contribution in [3.63, 3.8) is 0 Å². The molecule has 1 aromatic heterocycles. The number of sulfone groups is 1. The molecule has 0 saturated carbocycles. The number of rotatable bonds is 3. The van der Waals surface area contributed by atoms with Gasteiger partial charge in [-0.25, -0.2) is 12.8 Å². The third kappa shape index (κ3) is 3.47. The summed E-state index contributed by atoms with van der Waals surface area (Å²) < 4.78 is 39.8. The largest absolute Gasteiger partial charge is 0.337 e. The van der Waals surface area contributed by atoms with Crippen molar-refractivity contribution in [1.82, 2.24) is 4.90 Å². The molecule has 1 atom stereocenters. The summed E-state index contributed by atoms with van der Waals surface area (Å²) in [5, 5.41) is 0.501. The number of nitrogens with zero attached hydrogens (tertiary/aromatic N) is 1. The molecule has 1 unspecified atom stereocenters. The first-order valence-corrected chi connectivity index (χ1v) is 11.1. The highest BCUT2D eigenvalue weighted by atomic mass is 35.5. The molecule has 3 aromatic rings. The van der Waals surface area contributed by atoms with E-state index in [4.69, 9.17) is 11.6 Å². The Labute approximate surface area is 165 Å². The smallest absolute Gasteiger partial charge is 0.264 e. The van der Waals surface area contributed by atoms with Crippen LogP contribution in [0, 0.1) is 5.82 Å². The molecule has 1 amide bonds.